The molecule has 0 amide bonds. The Labute approximate surface area is 74.0 Å². The summed E-state index contributed by atoms with van der Waals surface area (Å²) in [5.41, 5.74) is 0. The minimum Gasteiger partial charge on any atom is -0.665 e. The molecule has 0 aromatic heterocycles. The molecular weight excluding hydrogens is 207 g/mol. The molecule has 0 rings (SSSR count). The van der Waals surface area contributed by atoms with Gasteiger partial charge in [0, 0.05) is 39.0 Å². The summed E-state index contributed by atoms with van der Waals surface area (Å²) < 4.78 is 0. The summed E-state index contributed by atoms with van der Waals surface area (Å²) in [5, 5.41) is 5.67. The van der Waals surface area contributed by atoms with Crippen molar-refractivity contribution in [3.63, 3.8) is 0 Å². The standard InChI is InChI=1S/C4N2.2Zn/c1-3-5-6-4-2;;/q-2;;. The number of hydrogen-bond donors (Lipinski definition) is 0. The van der Waals surface area contributed by atoms with Gasteiger partial charge < -0.3 is 12.8 Å². The third-order valence-electron chi connectivity index (χ3n) is 0.150. The predicted molar refractivity (Wildman–Crippen MR) is 19.1 cm³/mol. The zero-order chi connectivity index (χ0) is 4.83. The van der Waals surface area contributed by atoms with Gasteiger partial charge in [0.2, 0.25) is 0 Å². The van der Waals surface area contributed by atoms with Crippen molar-refractivity contribution in [3.8, 4) is 12.1 Å². The molecule has 0 saturated carbocycles. The normalized spacial score (nSPS) is 5.25. The van der Waals surface area contributed by atoms with Gasteiger partial charge in [-0.2, -0.15) is 12.1 Å². The molecule has 0 aliphatic carbocycles. The van der Waals surface area contributed by atoms with Gasteiger partial charge in [0.15, 0.2) is 0 Å². The Balaban J connectivity index is -0.000000125. The van der Waals surface area contributed by atoms with Gasteiger partial charge in [0.1, 0.15) is 0 Å². The van der Waals surface area contributed by atoms with E-state index < -0.39 is 0 Å². The Kier molecular flexibility index (Phi) is 30.9. The minimum atomic E-state index is 0. The van der Waals surface area contributed by atoms with Gasteiger partial charge in [-0.05, 0) is 0 Å². The first-order chi connectivity index (χ1) is 2.91. The van der Waals surface area contributed by atoms with Gasteiger partial charge >= 0.3 is 0 Å². The maximum absolute atomic E-state index is 6.07. The second-order valence-corrected chi connectivity index (χ2v) is 0.424. The van der Waals surface area contributed by atoms with Crippen molar-refractivity contribution >= 4 is 0 Å². The van der Waals surface area contributed by atoms with Crippen molar-refractivity contribution in [2.24, 2.45) is 10.2 Å². The Morgan fingerprint density at radius 3 is 1.25 bits per heavy atom. The van der Waals surface area contributed by atoms with Gasteiger partial charge in [0.05, 0.1) is 0 Å². The first-order valence-electron chi connectivity index (χ1n) is 1.15. The van der Waals surface area contributed by atoms with E-state index in [0.29, 0.717) is 0 Å². The molecule has 0 aliphatic heterocycles. The third kappa shape index (κ3) is 16.7. The molecular formula is C4N2Zn2-2. The van der Waals surface area contributed by atoms with Crippen LogP contribution in [0.3, 0.4) is 0 Å². The van der Waals surface area contributed by atoms with Crippen molar-refractivity contribution < 1.29 is 39.0 Å². The van der Waals surface area contributed by atoms with E-state index >= 15 is 0 Å². The van der Waals surface area contributed by atoms with Gasteiger partial charge in [0.25, 0.3) is 0 Å². The first kappa shape index (κ1) is 15.7. The van der Waals surface area contributed by atoms with Crippen LogP contribution in [-0.2, 0) is 39.0 Å². The summed E-state index contributed by atoms with van der Waals surface area (Å²) in [6.07, 6.45) is 12.1. The Morgan fingerprint density at radius 1 is 0.875 bits per heavy atom. The smallest absolute Gasteiger partial charge is 0 e. The number of nitrogens with zero attached hydrogens (tertiary/aromatic N) is 2. The van der Waals surface area contributed by atoms with Crippen molar-refractivity contribution in [2.45, 2.75) is 0 Å². The number of rotatable bonds is 0. The molecule has 8 heavy (non-hydrogen) atoms. The van der Waals surface area contributed by atoms with Crippen LogP contribution in [-0.4, -0.2) is 0 Å². The molecule has 0 unspecified atom stereocenters. The second kappa shape index (κ2) is 15.8. The van der Waals surface area contributed by atoms with Crippen LogP contribution in [0.15, 0.2) is 10.2 Å². The largest absolute Gasteiger partial charge is 0.665 e. The Morgan fingerprint density at radius 2 is 1.12 bits per heavy atom. The molecule has 0 spiro atoms. The van der Waals surface area contributed by atoms with E-state index in [1.54, 1.807) is 12.1 Å². The second-order valence-electron chi connectivity index (χ2n) is 0.424. The van der Waals surface area contributed by atoms with Gasteiger partial charge in [-0.25, -0.2) is 0 Å². The van der Waals surface area contributed by atoms with Crippen molar-refractivity contribution in [3.05, 3.63) is 12.8 Å². The molecule has 0 radical (unpaired) electrons. The van der Waals surface area contributed by atoms with E-state index in [9.17, 15) is 0 Å². The fourth-order valence-electron chi connectivity index (χ4n) is 0.0500. The van der Waals surface area contributed by atoms with Crippen LogP contribution in [0, 0.1) is 24.9 Å². The van der Waals surface area contributed by atoms with Crippen molar-refractivity contribution in [1.82, 2.24) is 0 Å². The van der Waals surface area contributed by atoms with Crippen LogP contribution in [0.4, 0.5) is 0 Å². The molecule has 0 heterocycles. The number of hydrogen-bond acceptors (Lipinski definition) is 2. The van der Waals surface area contributed by atoms with E-state index in [0.717, 1.165) is 0 Å². The summed E-state index contributed by atoms with van der Waals surface area (Å²) in [7, 11) is 0. The molecule has 32 valence electrons. The average Bonchev–Trinajstić information content (AvgIpc) is 1.61. The molecule has 0 N–H and O–H groups in total. The molecule has 4 heteroatoms. The SMILES string of the molecule is [C-]#CN=NC#[C-].[Zn].[Zn]. The van der Waals surface area contributed by atoms with Gasteiger partial charge in [-0.1, -0.05) is 0 Å². The fraction of sp³-hybridized carbons (Fsp3) is 0. The molecule has 0 aromatic rings. The zero-order valence-corrected chi connectivity index (χ0v) is 10.2. The van der Waals surface area contributed by atoms with Gasteiger partial charge in [-0.3, -0.25) is 0 Å². The molecule has 0 aromatic carbocycles. The van der Waals surface area contributed by atoms with E-state index in [4.69, 9.17) is 12.8 Å². The number of azo groups is 1. The Bertz CT molecular complexity index is 112. The predicted octanol–water partition coefficient (Wildman–Crippen LogP) is 0.528. The van der Waals surface area contributed by atoms with E-state index in [2.05, 4.69) is 10.2 Å². The summed E-state index contributed by atoms with van der Waals surface area (Å²) >= 11 is 0. The van der Waals surface area contributed by atoms with Crippen LogP contribution in [0.25, 0.3) is 0 Å². The zero-order valence-electron chi connectivity index (χ0n) is 4.31. The summed E-state index contributed by atoms with van der Waals surface area (Å²) in [6.45, 7) is 0. The maximum atomic E-state index is 6.07. The molecule has 0 aliphatic rings. The first-order valence-corrected chi connectivity index (χ1v) is 1.15. The molecule has 0 bridgehead atoms. The summed E-state index contributed by atoms with van der Waals surface area (Å²) in [5.74, 6) is 0. The van der Waals surface area contributed by atoms with Crippen LogP contribution in [0.2, 0.25) is 0 Å². The van der Waals surface area contributed by atoms with Crippen LogP contribution < -0.4 is 0 Å². The Hall–Kier alpha value is -0.0332. The molecule has 0 fully saturated rings. The molecule has 0 saturated heterocycles. The van der Waals surface area contributed by atoms with Crippen LogP contribution >= 0.6 is 0 Å². The van der Waals surface area contributed by atoms with E-state index in [1.807, 2.05) is 0 Å². The third-order valence-corrected chi connectivity index (χ3v) is 0.150. The van der Waals surface area contributed by atoms with E-state index in [-0.39, 0.29) is 39.0 Å². The minimum absolute atomic E-state index is 0. The van der Waals surface area contributed by atoms with Crippen molar-refractivity contribution in [2.75, 3.05) is 0 Å². The fourth-order valence-corrected chi connectivity index (χ4v) is 0.0500. The van der Waals surface area contributed by atoms with Crippen molar-refractivity contribution in [1.29, 1.82) is 0 Å². The molecule has 0 atom stereocenters. The average molecular weight is 207 g/mol. The monoisotopic (exact) mass is 204 g/mol. The molecule has 2 nitrogen and oxygen atoms in total. The summed E-state index contributed by atoms with van der Waals surface area (Å²) in [4.78, 5) is 0. The quantitative estimate of drug-likeness (QED) is 0.239. The maximum Gasteiger partial charge on any atom is 0 e. The summed E-state index contributed by atoms with van der Waals surface area (Å²) in [6, 6.07) is 3.19. The topological polar surface area (TPSA) is 24.7 Å². The van der Waals surface area contributed by atoms with Gasteiger partial charge in [-0.15, -0.1) is 10.2 Å². The van der Waals surface area contributed by atoms with E-state index in [1.165, 1.54) is 0 Å². The van der Waals surface area contributed by atoms with Crippen LogP contribution in [0.5, 0.6) is 0 Å². The van der Waals surface area contributed by atoms with Crippen LogP contribution in [0.1, 0.15) is 0 Å².